The Balaban J connectivity index is 1.70. The van der Waals surface area contributed by atoms with Crippen molar-refractivity contribution in [2.24, 2.45) is 0 Å². The Morgan fingerprint density at radius 1 is 1.23 bits per heavy atom. The van der Waals surface area contributed by atoms with E-state index in [0.717, 1.165) is 44.9 Å². The predicted molar refractivity (Wildman–Crippen MR) is 118 cm³/mol. The van der Waals surface area contributed by atoms with Gasteiger partial charge in [-0.05, 0) is 36.1 Å². The van der Waals surface area contributed by atoms with Gasteiger partial charge in [-0.1, -0.05) is 6.07 Å². The highest BCUT2D eigenvalue weighted by Gasteiger charge is 2.25. The molecule has 1 aliphatic heterocycles. The van der Waals surface area contributed by atoms with Crippen LogP contribution in [0.25, 0.3) is 26.0 Å². The molecule has 3 N–H and O–H groups in total. The Morgan fingerprint density at radius 3 is 2.80 bits per heavy atom. The number of rotatable bonds is 3. The molecule has 4 heterocycles. The Kier molecular flexibility index (Phi) is 4.56. The summed E-state index contributed by atoms with van der Waals surface area (Å²) in [4.78, 5) is 20.3. The van der Waals surface area contributed by atoms with Crippen LogP contribution in [-0.2, 0) is 0 Å². The number of fused-ring (bicyclic) bond motifs is 2. The quantitative estimate of drug-likeness (QED) is 0.527. The summed E-state index contributed by atoms with van der Waals surface area (Å²) in [5.74, 6) is 1.14. The lowest BCUT2D eigenvalue weighted by atomic mass is 10.1. The first-order valence-corrected chi connectivity index (χ1v) is 10.6. The van der Waals surface area contributed by atoms with Crippen LogP contribution in [0.3, 0.4) is 0 Å². The van der Waals surface area contributed by atoms with E-state index < -0.39 is 0 Å². The molecule has 1 aromatic carbocycles. The molecule has 0 bridgehead atoms. The van der Waals surface area contributed by atoms with Crippen molar-refractivity contribution in [2.45, 2.75) is 6.92 Å². The fraction of sp³-hybridized carbons (Fsp3) is 0.286. The van der Waals surface area contributed by atoms with Crippen LogP contribution in [0.2, 0.25) is 0 Å². The maximum atomic E-state index is 13.2. The summed E-state index contributed by atoms with van der Waals surface area (Å²) in [6, 6.07) is 8.14. The van der Waals surface area contributed by atoms with Crippen LogP contribution in [0.4, 0.5) is 5.82 Å². The van der Waals surface area contributed by atoms with Gasteiger partial charge in [0.1, 0.15) is 23.3 Å². The van der Waals surface area contributed by atoms with Crippen LogP contribution in [0, 0.1) is 6.92 Å². The predicted octanol–water partition coefficient (Wildman–Crippen LogP) is 2.56. The van der Waals surface area contributed by atoms with Crippen LogP contribution < -0.4 is 15.8 Å². The number of anilines is 1. The molecule has 154 valence electrons. The number of aromatic nitrogens is 3. The maximum absolute atomic E-state index is 13.2. The number of hydrogen-bond donors (Lipinski definition) is 2. The van der Waals surface area contributed by atoms with Gasteiger partial charge in [0.2, 0.25) is 0 Å². The number of nitrogens with zero attached hydrogens (tertiary/aromatic N) is 4. The van der Waals surface area contributed by atoms with Crippen LogP contribution in [0.15, 0.2) is 30.6 Å². The van der Waals surface area contributed by atoms with Crippen molar-refractivity contribution >= 4 is 38.7 Å². The molecule has 0 unspecified atom stereocenters. The number of aryl methyl sites for hydroxylation is 1. The maximum Gasteiger partial charge on any atom is 0.272 e. The minimum absolute atomic E-state index is 0.0506. The van der Waals surface area contributed by atoms with Gasteiger partial charge < -0.3 is 20.7 Å². The van der Waals surface area contributed by atoms with Crippen LogP contribution in [-0.4, -0.2) is 58.7 Å². The van der Waals surface area contributed by atoms with Gasteiger partial charge in [-0.25, -0.2) is 9.50 Å². The molecule has 0 radical (unpaired) electrons. The molecular formula is C21H22N6O2S. The largest absolute Gasteiger partial charge is 0.495 e. The molecular weight excluding hydrogens is 400 g/mol. The third-order valence-electron chi connectivity index (χ3n) is 5.42. The summed E-state index contributed by atoms with van der Waals surface area (Å²) in [5.41, 5.74) is 9.36. The normalized spacial score (nSPS) is 14.5. The van der Waals surface area contributed by atoms with Crippen LogP contribution in [0.5, 0.6) is 5.75 Å². The second-order valence-electron chi connectivity index (χ2n) is 7.39. The number of amides is 1. The number of nitrogen functional groups attached to an aromatic ring is 1. The first-order valence-electron chi connectivity index (χ1n) is 9.77. The average molecular weight is 423 g/mol. The van der Waals surface area contributed by atoms with Crippen molar-refractivity contribution in [3.63, 3.8) is 0 Å². The van der Waals surface area contributed by atoms with E-state index in [4.69, 9.17) is 10.5 Å². The van der Waals surface area contributed by atoms with Crippen LogP contribution >= 0.6 is 11.3 Å². The average Bonchev–Trinajstić information content (AvgIpc) is 3.35. The molecule has 1 fully saturated rings. The number of carbonyl (C=O) groups is 1. The summed E-state index contributed by atoms with van der Waals surface area (Å²) in [6.45, 7) is 4.95. The lowest BCUT2D eigenvalue weighted by molar-refractivity contribution is 0.0727. The monoisotopic (exact) mass is 422 g/mol. The zero-order chi connectivity index (χ0) is 20.8. The summed E-state index contributed by atoms with van der Waals surface area (Å²) in [6.07, 6.45) is 1.39. The van der Waals surface area contributed by atoms with E-state index in [1.165, 1.54) is 6.33 Å². The Bertz CT molecular complexity index is 1270. The van der Waals surface area contributed by atoms with Gasteiger partial charge in [-0.15, -0.1) is 11.3 Å². The number of hydrogen-bond acceptors (Lipinski definition) is 7. The number of thiophene rings is 1. The van der Waals surface area contributed by atoms with Crippen molar-refractivity contribution in [1.29, 1.82) is 0 Å². The molecule has 30 heavy (non-hydrogen) atoms. The molecule has 1 aliphatic rings. The van der Waals surface area contributed by atoms with E-state index in [9.17, 15) is 4.79 Å². The highest BCUT2D eigenvalue weighted by molar-refractivity contribution is 7.22. The van der Waals surface area contributed by atoms with Gasteiger partial charge in [0.15, 0.2) is 5.82 Å². The van der Waals surface area contributed by atoms with E-state index in [2.05, 4.69) is 27.5 Å². The fourth-order valence-corrected chi connectivity index (χ4v) is 5.14. The summed E-state index contributed by atoms with van der Waals surface area (Å²) in [5, 5.41) is 8.71. The van der Waals surface area contributed by atoms with E-state index in [1.807, 2.05) is 24.0 Å². The molecule has 0 saturated carbocycles. The van der Waals surface area contributed by atoms with Gasteiger partial charge in [0.05, 0.1) is 11.8 Å². The minimum atomic E-state index is -0.0506. The molecule has 0 aliphatic carbocycles. The van der Waals surface area contributed by atoms with Crippen molar-refractivity contribution in [1.82, 2.24) is 24.8 Å². The minimum Gasteiger partial charge on any atom is -0.495 e. The summed E-state index contributed by atoms with van der Waals surface area (Å²) >= 11 is 1.61. The van der Waals surface area contributed by atoms with Crippen molar-refractivity contribution in [3.05, 3.63) is 41.9 Å². The van der Waals surface area contributed by atoms with Gasteiger partial charge in [-0.3, -0.25) is 4.79 Å². The molecule has 4 aromatic rings. The molecule has 0 atom stereocenters. The second kappa shape index (κ2) is 7.26. The number of nitrogens with one attached hydrogen (secondary N) is 1. The highest BCUT2D eigenvalue weighted by Crippen LogP contribution is 2.42. The van der Waals surface area contributed by atoms with Crippen molar-refractivity contribution < 1.29 is 9.53 Å². The number of nitrogens with two attached hydrogens (primary N) is 1. The number of carbonyl (C=O) groups excluding carboxylic acids is 1. The van der Waals surface area contributed by atoms with Gasteiger partial charge in [0, 0.05) is 36.6 Å². The molecule has 9 heteroatoms. The SMILES string of the molecule is COc1cc(C)cc2cc(-c3cc(C(=O)N4CCNCC4)n4ncnc(N)c34)sc12. The first kappa shape index (κ1) is 18.8. The first-order chi connectivity index (χ1) is 14.6. The lowest BCUT2D eigenvalue weighted by Gasteiger charge is -2.27. The Labute approximate surface area is 177 Å². The van der Waals surface area contributed by atoms with E-state index in [1.54, 1.807) is 23.0 Å². The molecule has 8 nitrogen and oxygen atoms in total. The summed E-state index contributed by atoms with van der Waals surface area (Å²) in [7, 11) is 1.68. The second-order valence-corrected chi connectivity index (χ2v) is 8.44. The molecule has 1 amide bonds. The van der Waals surface area contributed by atoms with Gasteiger partial charge in [-0.2, -0.15) is 5.10 Å². The summed E-state index contributed by atoms with van der Waals surface area (Å²) < 4.78 is 8.26. The Hall–Kier alpha value is -3.17. The third kappa shape index (κ3) is 2.98. The zero-order valence-electron chi connectivity index (χ0n) is 16.8. The Morgan fingerprint density at radius 2 is 2.03 bits per heavy atom. The lowest BCUT2D eigenvalue weighted by Crippen LogP contribution is -2.46. The van der Waals surface area contributed by atoms with Crippen molar-refractivity contribution in [2.75, 3.05) is 39.0 Å². The van der Waals surface area contributed by atoms with Crippen LogP contribution in [0.1, 0.15) is 16.1 Å². The van der Waals surface area contributed by atoms with E-state index >= 15 is 0 Å². The smallest absolute Gasteiger partial charge is 0.272 e. The zero-order valence-corrected chi connectivity index (χ0v) is 17.6. The van der Waals surface area contributed by atoms with Gasteiger partial charge >= 0.3 is 0 Å². The number of ether oxygens (including phenoxy) is 1. The van der Waals surface area contributed by atoms with E-state index in [-0.39, 0.29) is 5.91 Å². The fourth-order valence-electron chi connectivity index (χ4n) is 3.99. The standard InChI is InChI=1S/C21H22N6O2S/c1-12-7-13-9-17(30-19(13)16(8-12)29-2)14-10-15(21(28)26-5-3-23-4-6-26)27-18(14)20(22)24-11-25-27/h7-11,23H,3-6H2,1-2H3,(H2,22,24,25). The number of methoxy groups -OCH3 is 1. The molecule has 3 aromatic heterocycles. The number of benzene rings is 1. The topological polar surface area (TPSA) is 97.8 Å². The molecule has 0 spiro atoms. The number of piperazine rings is 1. The van der Waals surface area contributed by atoms with E-state index in [0.29, 0.717) is 30.1 Å². The molecule has 5 rings (SSSR count). The third-order valence-corrected chi connectivity index (χ3v) is 6.62. The highest BCUT2D eigenvalue weighted by atomic mass is 32.1. The van der Waals surface area contributed by atoms with Crippen molar-refractivity contribution in [3.8, 4) is 16.2 Å². The molecule has 1 saturated heterocycles. The van der Waals surface area contributed by atoms with Gasteiger partial charge in [0.25, 0.3) is 5.91 Å².